The van der Waals surface area contributed by atoms with Crippen LogP contribution in [0.4, 0.5) is 0 Å². The Labute approximate surface area is 96.6 Å². The van der Waals surface area contributed by atoms with Crippen LogP contribution < -0.4 is 5.32 Å². The van der Waals surface area contributed by atoms with E-state index in [0.29, 0.717) is 5.34 Å². The molecule has 2 saturated carbocycles. The zero-order chi connectivity index (χ0) is 10.9. The molecule has 0 aromatic carbocycles. The highest BCUT2D eigenvalue weighted by atomic mass is 14.9. The van der Waals surface area contributed by atoms with E-state index in [9.17, 15) is 0 Å². The molecule has 1 nitrogen and oxygen atoms in total. The molecule has 2 unspecified atom stereocenters. The van der Waals surface area contributed by atoms with Gasteiger partial charge in [-0.2, -0.15) is 0 Å². The van der Waals surface area contributed by atoms with Crippen molar-refractivity contribution in [3.8, 4) is 0 Å². The molecule has 0 saturated heterocycles. The first kappa shape index (κ1) is 11.6. The van der Waals surface area contributed by atoms with Crippen LogP contribution in [0.1, 0.15) is 44.9 Å². The van der Waals surface area contributed by atoms with Crippen molar-refractivity contribution in [3.63, 3.8) is 0 Å². The predicted molar refractivity (Wildman–Crippen MR) is 71.7 cm³/mol. The number of hydrogen-bond donors (Lipinski definition) is 1. The van der Waals surface area contributed by atoms with Crippen LogP contribution in [-0.4, -0.2) is 28.1 Å². The summed E-state index contributed by atoms with van der Waals surface area (Å²) in [5.74, 6) is 3.00. The number of fused-ring (bicyclic) bond motifs is 2. The van der Waals surface area contributed by atoms with Crippen molar-refractivity contribution in [1.82, 2.24) is 5.32 Å². The summed E-state index contributed by atoms with van der Waals surface area (Å²) in [7, 11) is 6.89. The Balaban J connectivity index is 2.04. The Morgan fingerprint density at radius 2 is 1.53 bits per heavy atom. The largest absolute Gasteiger partial charge is 0.329 e. The molecular weight excluding hydrogens is 180 g/mol. The van der Waals surface area contributed by atoms with Crippen molar-refractivity contribution < 1.29 is 0 Å². The van der Waals surface area contributed by atoms with Crippen molar-refractivity contribution in [3.05, 3.63) is 0 Å². The number of nitrogens with one attached hydrogen (secondary N) is 1. The van der Waals surface area contributed by atoms with Gasteiger partial charge in [-0.05, 0) is 49.4 Å². The van der Waals surface area contributed by atoms with Gasteiger partial charge in [0.15, 0.2) is 0 Å². The molecule has 3 heteroatoms. The Morgan fingerprint density at radius 3 is 2.00 bits per heavy atom. The van der Waals surface area contributed by atoms with Crippen molar-refractivity contribution in [2.75, 3.05) is 7.05 Å². The zero-order valence-corrected chi connectivity index (χ0v) is 10.7. The highest BCUT2D eigenvalue weighted by molar-refractivity contribution is 6.40. The third kappa shape index (κ3) is 2.61. The molecule has 2 fully saturated rings. The van der Waals surface area contributed by atoms with Gasteiger partial charge in [-0.3, -0.25) is 0 Å². The van der Waals surface area contributed by atoms with E-state index in [1.54, 1.807) is 0 Å². The molecule has 2 aliphatic rings. The van der Waals surface area contributed by atoms with Crippen molar-refractivity contribution >= 4 is 15.7 Å². The third-order valence-corrected chi connectivity index (χ3v) is 5.04. The molecule has 0 aromatic heterocycles. The fraction of sp³-hybridized carbons (Fsp3) is 1.00. The lowest BCUT2D eigenvalue weighted by Gasteiger charge is -2.42. The topological polar surface area (TPSA) is 12.0 Å². The third-order valence-electron chi connectivity index (χ3n) is 5.04. The zero-order valence-electron chi connectivity index (χ0n) is 10.7. The van der Waals surface area contributed by atoms with Crippen molar-refractivity contribution in [2.24, 2.45) is 17.8 Å². The highest BCUT2D eigenvalue weighted by Gasteiger charge is 2.37. The van der Waals surface area contributed by atoms with Gasteiger partial charge in [0.05, 0.1) is 0 Å². The Morgan fingerprint density at radius 1 is 1.00 bits per heavy atom. The van der Waals surface area contributed by atoms with E-state index in [1.165, 1.54) is 44.9 Å². The van der Waals surface area contributed by atoms with Gasteiger partial charge in [-0.25, -0.2) is 0 Å². The van der Waals surface area contributed by atoms with Gasteiger partial charge < -0.3 is 5.32 Å². The standard InChI is InChI=1S/C12H25B2N/c1-15-12(13,14)11-7-9-4-2-3-5-10(6-9)8-11/h9-11,15H,2-8,13-14H2,1H3. The summed E-state index contributed by atoms with van der Waals surface area (Å²) in [5, 5.41) is 3.87. The average Bonchev–Trinajstić information content (AvgIpc) is 2.39. The van der Waals surface area contributed by atoms with E-state index < -0.39 is 0 Å². The maximum Gasteiger partial charge on any atom is 0.117 e. The molecule has 15 heavy (non-hydrogen) atoms. The van der Waals surface area contributed by atoms with Gasteiger partial charge >= 0.3 is 0 Å². The molecule has 1 N–H and O–H groups in total. The van der Waals surface area contributed by atoms with Gasteiger partial charge in [0, 0.05) is 0 Å². The molecule has 0 aromatic rings. The molecule has 2 rings (SSSR count). The fourth-order valence-corrected chi connectivity index (χ4v) is 3.70. The average molecular weight is 205 g/mol. The van der Waals surface area contributed by atoms with Gasteiger partial charge in [-0.1, -0.05) is 25.7 Å². The van der Waals surface area contributed by atoms with E-state index >= 15 is 0 Å². The molecule has 0 heterocycles. The molecule has 0 radical (unpaired) electrons. The minimum Gasteiger partial charge on any atom is -0.329 e. The summed E-state index contributed by atoms with van der Waals surface area (Å²) in [6.07, 6.45) is 10.5. The van der Waals surface area contributed by atoms with Crippen LogP contribution in [0.15, 0.2) is 0 Å². The van der Waals surface area contributed by atoms with Crippen molar-refractivity contribution in [1.29, 1.82) is 0 Å². The lowest BCUT2D eigenvalue weighted by molar-refractivity contribution is 0.174. The fourth-order valence-electron chi connectivity index (χ4n) is 3.70. The smallest absolute Gasteiger partial charge is 0.117 e. The maximum absolute atomic E-state index is 3.52. The summed E-state index contributed by atoms with van der Waals surface area (Å²) in [6.45, 7) is 0. The summed E-state index contributed by atoms with van der Waals surface area (Å²) in [4.78, 5) is 0. The minimum absolute atomic E-state index is 0.348. The molecule has 0 spiro atoms. The van der Waals surface area contributed by atoms with Crippen LogP contribution in [0.5, 0.6) is 0 Å². The van der Waals surface area contributed by atoms with E-state index in [2.05, 4.69) is 28.1 Å². The van der Waals surface area contributed by atoms with Crippen LogP contribution in [0, 0.1) is 17.8 Å². The summed E-state index contributed by atoms with van der Waals surface area (Å²) in [5.41, 5.74) is 0. The Hall–Kier alpha value is 0.0899. The van der Waals surface area contributed by atoms with Crippen LogP contribution in [0.3, 0.4) is 0 Å². The quantitative estimate of drug-likeness (QED) is 0.655. The monoisotopic (exact) mass is 205 g/mol. The SMILES string of the molecule is BC(B)(NC)C1CC2CCCCC(C2)C1. The molecule has 2 atom stereocenters. The van der Waals surface area contributed by atoms with Crippen LogP contribution in [0.2, 0.25) is 0 Å². The summed E-state index contributed by atoms with van der Waals surface area (Å²) in [6, 6.07) is 0. The van der Waals surface area contributed by atoms with E-state index in [1.807, 2.05) is 0 Å². The summed E-state index contributed by atoms with van der Waals surface area (Å²) >= 11 is 0. The molecule has 2 aliphatic carbocycles. The first-order valence-electron chi connectivity index (χ1n) is 6.80. The lowest BCUT2D eigenvalue weighted by atomic mass is 9.50. The molecule has 0 aliphatic heterocycles. The lowest BCUT2D eigenvalue weighted by Crippen LogP contribution is -2.53. The van der Waals surface area contributed by atoms with Gasteiger partial charge in [-0.15, -0.1) is 0 Å². The maximum atomic E-state index is 3.52. The summed E-state index contributed by atoms with van der Waals surface area (Å²) < 4.78 is 0. The van der Waals surface area contributed by atoms with Crippen molar-refractivity contribution in [2.45, 2.75) is 50.3 Å². The second-order valence-corrected chi connectivity index (χ2v) is 6.39. The molecule has 84 valence electrons. The second-order valence-electron chi connectivity index (χ2n) is 6.39. The van der Waals surface area contributed by atoms with Gasteiger partial charge in [0.2, 0.25) is 0 Å². The molecule has 0 amide bonds. The molecular formula is C12H25B2N. The highest BCUT2D eigenvalue weighted by Crippen LogP contribution is 2.43. The van der Waals surface area contributed by atoms with Gasteiger partial charge in [0.25, 0.3) is 0 Å². The van der Waals surface area contributed by atoms with E-state index in [-0.39, 0.29) is 0 Å². The minimum atomic E-state index is 0.348. The van der Waals surface area contributed by atoms with Crippen LogP contribution in [0.25, 0.3) is 0 Å². The molecule has 2 bridgehead atoms. The number of hydrogen-bond acceptors (Lipinski definition) is 1. The van der Waals surface area contributed by atoms with E-state index in [0.717, 1.165) is 17.8 Å². The van der Waals surface area contributed by atoms with Crippen LogP contribution in [-0.2, 0) is 0 Å². The van der Waals surface area contributed by atoms with Gasteiger partial charge in [0.1, 0.15) is 15.7 Å². The first-order chi connectivity index (χ1) is 7.12. The van der Waals surface area contributed by atoms with E-state index in [4.69, 9.17) is 0 Å². The Bertz CT molecular complexity index is 204. The first-order valence-corrected chi connectivity index (χ1v) is 6.80. The second kappa shape index (κ2) is 4.53. The Kier molecular flexibility index (Phi) is 3.49. The predicted octanol–water partition coefficient (Wildman–Crippen LogP) is 0.732. The number of rotatable bonds is 2. The normalized spacial score (nSPS) is 37.3. The van der Waals surface area contributed by atoms with Crippen LogP contribution >= 0.6 is 0 Å².